The first kappa shape index (κ1) is 27.2. The molecule has 12 heteroatoms. The van der Waals surface area contributed by atoms with E-state index in [2.05, 4.69) is 27.9 Å². The Morgan fingerprint density at radius 3 is 2.44 bits per heavy atom. The van der Waals surface area contributed by atoms with Crippen molar-refractivity contribution in [1.29, 1.82) is 0 Å². The fourth-order valence-corrected chi connectivity index (χ4v) is 5.55. The number of amides is 1. The molecule has 39 heavy (non-hydrogen) atoms. The van der Waals surface area contributed by atoms with Gasteiger partial charge in [-0.15, -0.1) is 0 Å². The summed E-state index contributed by atoms with van der Waals surface area (Å²) in [6, 6.07) is 9.85. The summed E-state index contributed by atoms with van der Waals surface area (Å²) in [5.41, 5.74) is -0.441. The average Bonchev–Trinajstić information content (AvgIpc) is 3.27. The molecule has 0 saturated carbocycles. The third kappa shape index (κ3) is 5.03. The number of carbonyl (C=O) groups is 2. The molecule has 3 aromatic rings. The molecule has 0 bridgehead atoms. The lowest BCUT2D eigenvalue weighted by Gasteiger charge is -2.45. The maximum atomic E-state index is 12.8. The van der Waals surface area contributed by atoms with Gasteiger partial charge in [0.15, 0.2) is 6.10 Å². The summed E-state index contributed by atoms with van der Waals surface area (Å²) in [4.78, 5) is 37.5. The van der Waals surface area contributed by atoms with Crippen LogP contribution in [0.25, 0.3) is 11.0 Å². The van der Waals surface area contributed by atoms with Crippen LogP contribution in [0.5, 0.6) is 11.5 Å². The highest BCUT2D eigenvalue weighted by molar-refractivity contribution is 14.1. The molecule has 0 radical (unpaired) electrons. The molecule has 2 saturated heterocycles. The van der Waals surface area contributed by atoms with Crippen molar-refractivity contribution in [3.63, 3.8) is 0 Å². The number of hydrogen-bond donors (Lipinski definition) is 1. The molecule has 0 aliphatic carbocycles. The number of carbonyl (C=O) groups excluding carboxylic acids is 2. The molecule has 3 heterocycles. The smallest absolute Gasteiger partial charge is 0.496 e. The van der Waals surface area contributed by atoms with Crippen molar-refractivity contribution < 1.29 is 42.4 Å². The first-order valence-electron chi connectivity index (χ1n) is 12.0. The van der Waals surface area contributed by atoms with E-state index in [0.717, 1.165) is 3.57 Å². The fraction of sp³-hybridized carbons (Fsp3) is 0.370. The van der Waals surface area contributed by atoms with Crippen molar-refractivity contribution >= 4 is 51.3 Å². The van der Waals surface area contributed by atoms with Crippen LogP contribution in [0.2, 0.25) is 0 Å². The number of halogens is 1. The van der Waals surface area contributed by atoms with E-state index in [9.17, 15) is 14.4 Å². The molecular weight excluding hydrogens is 625 g/mol. The van der Waals surface area contributed by atoms with Crippen LogP contribution < -0.4 is 20.4 Å². The van der Waals surface area contributed by atoms with E-state index in [4.69, 9.17) is 32.8 Å². The lowest BCUT2D eigenvalue weighted by Crippen LogP contribution is -2.62. The van der Waals surface area contributed by atoms with Gasteiger partial charge in [-0.25, -0.2) is 9.59 Å². The second-order valence-corrected chi connectivity index (χ2v) is 10.8. The molecular formula is C27H26INO10. The van der Waals surface area contributed by atoms with Crippen LogP contribution in [0.3, 0.4) is 0 Å². The number of nitrogens with one attached hydrogen (secondary N) is 1. The van der Waals surface area contributed by atoms with Crippen molar-refractivity contribution in [3.05, 3.63) is 61.5 Å². The van der Waals surface area contributed by atoms with Gasteiger partial charge in [0.1, 0.15) is 28.9 Å². The first-order valence-corrected chi connectivity index (χ1v) is 13.1. The Bertz CT molecular complexity index is 1520. The zero-order valence-corrected chi connectivity index (χ0v) is 23.9. The van der Waals surface area contributed by atoms with Gasteiger partial charge in [0.25, 0.3) is 5.91 Å². The minimum Gasteiger partial charge on any atom is -0.496 e. The Hall–Kier alpha value is -3.36. The quantitative estimate of drug-likeness (QED) is 0.233. The fourth-order valence-electron chi connectivity index (χ4n) is 4.81. The summed E-state index contributed by atoms with van der Waals surface area (Å²) in [6.45, 7) is 5.32. The van der Waals surface area contributed by atoms with Gasteiger partial charge in [-0.05, 0) is 79.8 Å². The summed E-state index contributed by atoms with van der Waals surface area (Å²) < 4.78 is 40.0. The Labute approximate surface area is 236 Å². The number of ether oxygens (including phenoxy) is 6. The maximum absolute atomic E-state index is 12.8. The minimum absolute atomic E-state index is 0.00720. The number of fused-ring (bicyclic) bond motifs is 2. The molecule has 4 atom stereocenters. The van der Waals surface area contributed by atoms with Crippen molar-refractivity contribution in [3.8, 4) is 11.5 Å². The van der Waals surface area contributed by atoms with Gasteiger partial charge in [0, 0.05) is 23.6 Å². The molecule has 2 fully saturated rings. The summed E-state index contributed by atoms with van der Waals surface area (Å²) in [5.74, 6) is 0.530. The van der Waals surface area contributed by atoms with Crippen LogP contribution in [-0.4, -0.2) is 56.5 Å². The second kappa shape index (κ2) is 10.3. The Morgan fingerprint density at radius 2 is 1.74 bits per heavy atom. The molecule has 206 valence electrons. The average molecular weight is 651 g/mol. The van der Waals surface area contributed by atoms with Gasteiger partial charge in [-0.2, -0.15) is 0 Å². The summed E-state index contributed by atoms with van der Waals surface area (Å²) in [6.07, 6.45) is -4.00. The maximum Gasteiger partial charge on any atom is 0.509 e. The van der Waals surface area contributed by atoms with Crippen molar-refractivity contribution in [2.24, 2.45) is 0 Å². The summed E-state index contributed by atoms with van der Waals surface area (Å²) >= 11 is 2.06. The zero-order chi connectivity index (χ0) is 28.1. The van der Waals surface area contributed by atoms with Crippen LogP contribution >= 0.6 is 22.6 Å². The molecule has 2 aromatic carbocycles. The Morgan fingerprint density at radius 1 is 1.03 bits per heavy atom. The normalized spacial score (nSPS) is 23.5. The van der Waals surface area contributed by atoms with E-state index in [1.807, 2.05) is 0 Å². The predicted octanol–water partition coefficient (Wildman–Crippen LogP) is 4.40. The predicted molar refractivity (Wildman–Crippen MR) is 146 cm³/mol. The summed E-state index contributed by atoms with van der Waals surface area (Å²) in [7, 11) is 3.05. The van der Waals surface area contributed by atoms with Crippen LogP contribution in [0.1, 0.15) is 29.8 Å². The lowest BCUT2D eigenvalue weighted by molar-refractivity contribution is -0.282. The van der Waals surface area contributed by atoms with E-state index in [0.29, 0.717) is 28.0 Å². The van der Waals surface area contributed by atoms with Crippen LogP contribution in [0.15, 0.2) is 45.6 Å². The molecule has 1 unspecified atom stereocenters. The van der Waals surface area contributed by atoms with E-state index in [1.54, 1.807) is 58.2 Å². The first-order chi connectivity index (χ1) is 18.5. The van der Waals surface area contributed by atoms with E-state index >= 15 is 0 Å². The highest BCUT2D eigenvalue weighted by Crippen LogP contribution is 2.39. The highest BCUT2D eigenvalue weighted by atomic mass is 127. The second-order valence-electron chi connectivity index (χ2n) is 9.64. The summed E-state index contributed by atoms with van der Waals surface area (Å²) in [5, 5.41) is 3.18. The highest BCUT2D eigenvalue weighted by Gasteiger charge is 2.59. The number of aryl methyl sites for hydroxylation is 1. The monoisotopic (exact) mass is 651 g/mol. The molecule has 1 aromatic heterocycles. The van der Waals surface area contributed by atoms with Gasteiger partial charge < -0.3 is 38.2 Å². The Kier molecular flexibility index (Phi) is 7.20. The third-order valence-electron chi connectivity index (χ3n) is 6.72. The number of benzene rings is 2. The molecule has 0 spiro atoms. The number of anilines is 1. The lowest BCUT2D eigenvalue weighted by atomic mass is 9.89. The minimum atomic E-state index is -1.00. The molecule has 1 amide bonds. The van der Waals surface area contributed by atoms with Gasteiger partial charge in [0.2, 0.25) is 12.4 Å². The van der Waals surface area contributed by atoms with Gasteiger partial charge in [-0.3, -0.25) is 4.79 Å². The number of methoxy groups -OCH3 is 2. The van der Waals surface area contributed by atoms with Crippen molar-refractivity contribution in [2.75, 3.05) is 19.5 Å². The van der Waals surface area contributed by atoms with Crippen molar-refractivity contribution in [1.82, 2.24) is 0 Å². The number of rotatable bonds is 6. The number of hydrogen-bond acceptors (Lipinski definition) is 10. The van der Waals surface area contributed by atoms with Crippen LogP contribution in [0.4, 0.5) is 10.5 Å². The largest absolute Gasteiger partial charge is 0.509 e. The molecule has 2 aliphatic rings. The van der Waals surface area contributed by atoms with Gasteiger partial charge in [0.05, 0.1) is 16.3 Å². The molecule has 1 N–H and O–H groups in total. The third-order valence-corrected chi connectivity index (χ3v) is 7.56. The van der Waals surface area contributed by atoms with Gasteiger partial charge >= 0.3 is 11.8 Å². The standard InChI is InChI=1S/C27H26INO10/c1-12-17(35-25-21-20(37-26(32)38-21)22(34-5)27(2,3)39-25)8-6-13-11-16(24(31)36-19(12)13)29-23(30)14-7-9-18(33-4)15(28)10-14/h6-11,20-22,25H,1-5H3,(H,29,30)/t20-,21?,22-,25-/m1/s1. The van der Waals surface area contributed by atoms with Crippen LogP contribution in [-0.2, 0) is 18.9 Å². The SMILES string of the molecule is COc1ccc(C(=O)Nc2cc3ccc(O[C@@H]4OC(C)(C)[C@H](OC)[C@@H]5OC(=O)OC45)c(C)c3oc2=O)cc1I. The van der Waals surface area contributed by atoms with E-state index in [-0.39, 0.29) is 11.3 Å². The van der Waals surface area contributed by atoms with E-state index < -0.39 is 47.9 Å². The molecule has 5 rings (SSSR count). The zero-order valence-electron chi connectivity index (χ0n) is 21.7. The van der Waals surface area contributed by atoms with Crippen LogP contribution in [0, 0.1) is 10.5 Å². The molecule has 2 aliphatic heterocycles. The van der Waals surface area contributed by atoms with E-state index in [1.165, 1.54) is 13.2 Å². The Balaban J connectivity index is 1.40. The molecule has 11 nitrogen and oxygen atoms in total. The topological polar surface area (TPSA) is 132 Å². The van der Waals surface area contributed by atoms with Gasteiger partial charge in [-0.1, -0.05) is 0 Å². The van der Waals surface area contributed by atoms with Crippen molar-refractivity contribution in [2.45, 2.75) is 51.0 Å².